The summed E-state index contributed by atoms with van der Waals surface area (Å²) in [6.07, 6.45) is 26.9. The summed E-state index contributed by atoms with van der Waals surface area (Å²) in [6, 6.07) is 25.8. The molecule has 0 fully saturated rings. The van der Waals surface area contributed by atoms with Crippen molar-refractivity contribution >= 4 is 45.1 Å². The first-order valence-electron chi connectivity index (χ1n) is 17.8. The summed E-state index contributed by atoms with van der Waals surface area (Å²) in [5, 5.41) is 2.39. The van der Waals surface area contributed by atoms with Gasteiger partial charge in [-0.15, -0.1) is 0 Å². The van der Waals surface area contributed by atoms with Crippen LogP contribution in [0.1, 0.15) is 54.3 Å². The van der Waals surface area contributed by atoms with Crippen molar-refractivity contribution in [2.75, 3.05) is 0 Å². The third-order valence-corrected chi connectivity index (χ3v) is 10.5. The number of aliphatic imine (C=N–C) groups is 2. The van der Waals surface area contributed by atoms with Crippen molar-refractivity contribution in [3.8, 4) is 5.69 Å². The van der Waals surface area contributed by atoms with Crippen LogP contribution in [0.15, 0.2) is 160 Å². The maximum atomic E-state index is 6.73. The van der Waals surface area contributed by atoms with Gasteiger partial charge < -0.3 is 8.98 Å². The van der Waals surface area contributed by atoms with E-state index in [4.69, 9.17) is 14.4 Å². The van der Waals surface area contributed by atoms with Gasteiger partial charge in [-0.25, -0.2) is 9.98 Å². The van der Waals surface area contributed by atoms with Crippen LogP contribution >= 0.6 is 0 Å². The quantitative estimate of drug-likeness (QED) is 0.133. The van der Waals surface area contributed by atoms with Crippen molar-refractivity contribution in [1.29, 1.82) is 0 Å². The molecule has 2 aromatic heterocycles. The Kier molecular flexibility index (Phi) is 7.65. The molecule has 0 amide bonds. The number of aromatic nitrogens is 1. The third-order valence-electron chi connectivity index (χ3n) is 10.5. The van der Waals surface area contributed by atoms with Crippen molar-refractivity contribution in [2.24, 2.45) is 21.8 Å². The second kappa shape index (κ2) is 12.6. The molecule has 2 heterocycles. The van der Waals surface area contributed by atoms with Crippen LogP contribution < -0.4 is 0 Å². The number of fused-ring (bicyclic) bond motifs is 6. The second-order valence-electron chi connectivity index (χ2n) is 13.6. The molecule has 1 atom stereocenters. The maximum absolute atomic E-state index is 6.73. The fourth-order valence-electron chi connectivity index (χ4n) is 8.00. The predicted octanol–water partition coefficient (Wildman–Crippen LogP) is 11.3. The third kappa shape index (κ3) is 5.32. The molecule has 4 heteroatoms. The van der Waals surface area contributed by atoms with Gasteiger partial charge in [0.05, 0.1) is 5.52 Å². The number of hydrogen-bond acceptors (Lipinski definition) is 2. The summed E-state index contributed by atoms with van der Waals surface area (Å²) in [4.78, 5) is 10.3. The Morgan fingerprint density at radius 3 is 2.50 bits per heavy atom. The van der Waals surface area contributed by atoms with Crippen LogP contribution in [0.5, 0.6) is 0 Å². The van der Waals surface area contributed by atoms with Crippen LogP contribution in [0, 0.1) is 11.8 Å². The molecule has 1 unspecified atom stereocenters. The van der Waals surface area contributed by atoms with Crippen molar-refractivity contribution in [1.82, 2.24) is 4.57 Å². The van der Waals surface area contributed by atoms with E-state index in [0.29, 0.717) is 11.8 Å². The van der Waals surface area contributed by atoms with Crippen LogP contribution in [0.25, 0.3) is 39.2 Å². The van der Waals surface area contributed by atoms with Gasteiger partial charge in [-0.05, 0) is 56.4 Å². The van der Waals surface area contributed by atoms with Gasteiger partial charge in [0.2, 0.25) is 0 Å². The first kappa shape index (κ1) is 30.3. The van der Waals surface area contributed by atoms with E-state index in [-0.39, 0.29) is 5.92 Å². The van der Waals surface area contributed by atoms with Gasteiger partial charge in [-0.3, -0.25) is 0 Å². The largest absolute Gasteiger partial charge is 0.460 e. The van der Waals surface area contributed by atoms with Crippen LogP contribution in [-0.4, -0.2) is 16.1 Å². The molecule has 5 aromatic rings. The minimum Gasteiger partial charge on any atom is -0.460 e. The number of para-hydroxylation sites is 1. The second-order valence-corrected chi connectivity index (χ2v) is 13.6. The van der Waals surface area contributed by atoms with E-state index in [1.54, 1.807) is 0 Å². The number of hydrogen-bond donors (Lipinski definition) is 0. The molecule has 0 spiro atoms. The van der Waals surface area contributed by atoms with Crippen molar-refractivity contribution < 1.29 is 4.42 Å². The minimum atomic E-state index is 0.0637. The number of allylic oxidation sites excluding steroid dienone is 9. The van der Waals surface area contributed by atoms with Gasteiger partial charge in [0.25, 0.3) is 0 Å². The van der Waals surface area contributed by atoms with Gasteiger partial charge in [0.1, 0.15) is 11.3 Å². The van der Waals surface area contributed by atoms with Crippen LogP contribution in [0.3, 0.4) is 0 Å². The lowest BCUT2D eigenvalue weighted by Gasteiger charge is -2.22. The lowest BCUT2D eigenvalue weighted by molar-refractivity contribution is 0.545. The normalized spacial score (nSPS) is 18.9. The number of nitrogens with zero attached hydrogens (tertiary/aromatic N) is 3. The Morgan fingerprint density at radius 1 is 0.840 bits per heavy atom. The van der Waals surface area contributed by atoms with Gasteiger partial charge >= 0.3 is 0 Å². The Hall–Kier alpha value is -5.74. The van der Waals surface area contributed by atoms with Crippen LogP contribution in [-0.2, 0) is 12.8 Å². The smallest absolute Gasteiger partial charge is 0.160 e. The molecular formula is C46H39N3O. The molecule has 244 valence electrons. The van der Waals surface area contributed by atoms with E-state index in [1.165, 1.54) is 27.7 Å². The van der Waals surface area contributed by atoms with Crippen molar-refractivity contribution in [3.05, 3.63) is 173 Å². The zero-order valence-electron chi connectivity index (χ0n) is 28.3. The Labute approximate surface area is 293 Å². The summed E-state index contributed by atoms with van der Waals surface area (Å²) < 4.78 is 9.19. The highest BCUT2D eigenvalue weighted by Crippen LogP contribution is 2.42. The SMILES string of the molecule is C=C(N=C(N=C(C)c1ccccc1)C1=CCCc2oc3cc(-n4c5c(c6ccccc64)C=C(C4C=CC=CC4)CC5)ccc3c21)C1C=CC=C1. The van der Waals surface area contributed by atoms with Crippen molar-refractivity contribution in [2.45, 2.75) is 39.0 Å². The van der Waals surface area contributed by atoms with E-state index in [9.17, 15) is 0 Å². The van der Waals surface area contributed by atoms with Gasteiger partial charge in [-0.1, -0.05) is 121 Å². The van der Waals surface area contributed by atoms with Crippen LogP contribution in [0.4, 0.5) is 0 Å². The summed E-state index contributed by atoms with van der Waals surface area (Å²) in [7, 11) is 0. The molecule has 0 radical (unpaired) electrons. The molecule has 0 bridgehead atoms. The summed E-state index contributed by atoms with van der Waals surface area (Å²) in [5.74, 6) is 2.21. The Morgan fingerprint density at radius 2 is 1.66 bits per heavy atom. The van der Waals surface area contributed by atoms with Crippen LogP contribution in [0.2, 0.25) is 0 Å². The molecule has 0 saturated carbocycles. The molecule has 3 aromatic carbocycles. The average Bonchev–Trinajstić information content (AvgIpc) is 3.91. The number of amidine groups is 1. The molecule has 4 aliphatic carbocycles. The fraction of sp³-hybridized carbons (Fsp3) is 0.174. The number of rotatable bonds is 6. The predicted molar refractivity (Wildman–Crippen MR) is 209 cm³/mol. The minimum absolute atomic E-state index is 0.0637. The maximum Gasteiger partial charge on any atom is 0.160 e. The highest BCUT2D eigenvalue weighted by molar-refractivity contribution is 6.29. The molecule has 4 nitrogen and oxygen atoms in total. The topological polar surface area (TPSA) is 42.8 Å². The van der Waals surface area contributed by atoms with Crippen molar-refractivity contribution in [3.63, 3.8) is 0 Å². The standard InChI is InChI=1S/C46H39N3O/c1-30(32-14-5-3-6-15-32)47-46(48-31(2)33-16-9-10-17-33)39-21-13-23-43-45(39)38-26-25-36(29-44(38)50-43)49-41-22-12-11-20-37(41)40-28-35(24-27-42(40)49)34-18-7-4-8-19-34/h3-12,14-18,20-22,25-26,28-29,33-34H,2,13,19,23-24,27H2,1H3. The summed E-state index contributed by atoms with van der Waals surface area (Å²) in [6.45, 7) is 6.42. The summed E-state index contributed by atoms with van der Waals surface area (Å²) in [5.41, 5.74) is 12.4. The highest BCUT2D eigenvalue weighted by atomic mass is 16.3. The lowest BCUT2D eigenvalue weighted by Crippen LogP contribution is -2.10. The monoisotopic (exact) mass is 649 g/mol. The molecule has 0 saturated heterocycles. The first-order valence-corrected chi connectivity index (χ1v) is 17.8. The zero-order chi connectivity index (χ0) is 33.6. The van der Waals surface area contributed by atoms with E-state index in [0.717, 1.165) is 82.6 Å². The first-order chi connectivity index (χ1) is 24.6. The van der Waals surface area contributed by atoms with E-state index < -0.39 is 0 Å². The summed E-state index contributed by atoms with van der Waals surface area (Å²) >= 11 is 0. The number of benzene rings is 3. The highest BCUT2D eigenvalue weighted by Gasteiger charge is 2.27. The molecule has 4 aliphatic rings. The zero-order valence-corrected chi connectivity index (χ0v) is 28.3. The molecule has 50 heavy (non-hydrogen) atoms. The van der Waals surface area contributed by atoms with E-state index >= 15 is 0 Å². The molecule has 0 aliphatic heterocycles. The Bertz CT molecular complexity index is 2420. The molecular weight excluding hydrogens is 611 g/mol. The lowest BCUT2D eigenvalue weighted by atomic mass is 9.84. The number of furan rings is 1. The van der Waals surface area contributed by atoms with Gasteiger partial charge in [0, 0.05) is 74.6 Å². The van der Waals surface area contributed by atoms with E-state index in [2.05, 4.69) is 133 Å². The van der Waals surface area contributed by atoms with E-state index in [1.807, 2.05) is 18.2 Å². The van der Waals surface area contributed by atoms with Gasteiger partial charge in [-0.2, -0.15) is 0 Å². The Balaban J connectivity index is 1.14. The molecule has 9 rings (SSSR count). The fourth-order valence-corrected chi connectivity index (χ4v) is 8.00. The van der Waals surface area contributed by atoms with Gasteiger partial charge in [0.15, 0.2) is 5.84 Å². The molecule has 0 N–H and O–H groups in total. The number of aryl methyl sites for hydroxylation is 1. The average molecular weight is 650 g/mol.